The van der Waals surface area contributed by atoms with E-state index in [1.807, 2.05) is 24.3 Å². The molecule has 2 aromatic rings. The van der Waals surface area contributed by atoms with Crippen LogP contribution in [0.4, 0.5) is 13.2 Å². The van der Waals surface area contributed by atoms with Gasteiger partial charge in [-0.25, -0.2) is 0 Å². The van der Waals surface area contributed by atoms with Crippen molar-refractivity contribution >= 4 is 11.8 Å². The summed E-state index contributed by atoms with van der Waals surface area (Å²) in [6, 6.07) is 8.53. The maximum absolute atomic E-state index is 12.9. The number of ketones is 1. The van der Waals surface area contributed by atoms with Crippen LogP contribution in [0.5, 0.6) is 0 Å². The van der Waals surface area contributed by atoms with Crippen LogP contribution in [-0.2, 0) is 29.0 Å². The number of halogens is 3. The number of fused-ring (bicyclic) bond motifs is 1. The number of rotatable bonds is 5. The summed E-state index contributed by atoms with van der Waals surface area (Å²) in [5.41, 5.74) is 2.93. The summed E-state index contributed by atoms with van der Waals surface area (Å²) in [5, 5.41) is 0. The Kier molecular flexibility index (Phi) is 5.84. The summed E-state index contributed by atoms with van der Waals surface area (Å²) in [7, 11) is 1.30. The van der Waals surface area contributed by atoms with Crippen molar-refractivity contribution in [3.63, 3.8) is 0 Å². The largest absolute Gasteiger partial charge is 0.468 e. The molecule has 1 atom stereocenters. The Morgan fingerprint density at radius 3 is 2.45 bits per heavy atom. The summed E-state index contributed by atoms with van der Waals surface area (Å²) in [5.74, 6) is -0.755. The molecule has 1 unspecified atom stereocenters. The van der Waals surface area contributed by atoms with Crippen LogP contribution in [-0.4, -0.2) is 47.1 Å². The molecule has 0 aliphatic carbocycles. The zero-order valence-corrected chi connectivity index (χ0v) is 16.5. The fourth-order valence-electron chi connectivity index (χ4n) is 3.89. The van der Waals surface area contributed by atoms with Gasteiger partial charge >= 0.3 is 12.1 Å². The van der Waals surface area contributed by atoms with Gasteiger partial charge in [-0.05, 0) is 37.5 Å². The van der Waals surface area contributed by atoms with E-state index in [0.29, 0.717) is 18.7 Å². The second-order valence-electron chi connectivity index (χ2n) is 7.33. The van der Waals surface area contributed by atoms with Gasteiger partial charge in [0.15, 0.2) is 5.78 Å². The lowest BCUT2D eigenvalue weighted by atomic mass is 9.93. The minimum absolute atomic E-state index is 0.0790. The maximum Gasteiger partial charge on any atom is 0.406 e. The van der Waals surface area contributed by atoms with E-state index in [9.17, 15) is 22.8 Å². The average Bonchev–Trinajstić information content (AvgIpc) is 2.93. The number of ether oxygens (including phenoxy) is 1. The highest BCUT2D eigenvalue weighted by molar-refractivity contribution is 5.99. The number of alkyl halides is 3. The zero-order chi connectivity index (χ0) is 21.3. The van der Waals surface area contributed by atoms with E-state index < -0.39 is 24.7 Å². The summed E-state index contributed by atoms with van der Waals surface area (Å²) >= 11 is 0. The minimum atomic E-state index is -4.37. The van der Waals surface area contributed by atoms with Crippen LogP contribution in [0.1, 0.15) is 32.9 Å². The van der Waals surface area contributed by atoms with Crippen molar-refractivity contribution in [1.82, 2.24) is 9.47 Å². The van der Waals surface area contributed by atoms with Crippen LogP contribution in [0.3, 0.4) is 0 Å². The molecule has 1 aliphatic heterocycles. The third-order valence-corrected chi connectivity index (χ3v) is 5.38. The number of benzene rings is 1. The molecule has 8 heteroatoms. The molecule has 1 aromatic carbocycles. The quantitative estimate of drug-likeness (QED) is 0.562. The summed E-state index contributed by atoms with van der Waals surface area (Å²) in [6.45, 7) is 2.23. The molecule has 1 aromatic heterocycles. The number of aromatic nitrogens is 1. The molecule has 0 bridgehead atoms. The van der Waals surface area contributed by atoms with Gasteiger partial charge in [-0.2, -0.15) is 13.2 Å². The molecule has 5 nitrogen and oxygen atoms in total. The normalized spacial score (nSPS) is 17.1. The van der Waals surface area contributed by atoms with Gasteiger partial charge in [-0.3, -0.25) is 14.5 Å². The summed E-state index contributed by atoms with van der Waals surface area (Å²) in [4.78, 5) is 27.0. The van der Waals surface area contributed by atoms with Gasteiger partial charge in [0.05, 0.1) is 13.7 Å². The van der Waals surface area contributed by atoms with E-state index in [0.717, 1.165) is 15.7 Å². The number of methoxy groups -OCH3 is 1. The first-order chi connectivity index (χ1) is 13.6. The smallest absolute Gasteiger partial charge is 0.406 e. The van der Waals surface area contributed by atoms with Crippen molar-refractivity contribution < 1.29 is 27.5 Å². The van der Waals surface area contributed by atoms with Crippen LogP contribution < -0.4 is 0 Å². The third-order valence-electron chi connectivity index (χ3n) is 5.38. The molecule has 0 radical (unpaired) electrons. The molecule has 0 fully saturated rings. The minimum Gasteiger partial charge on any atom is -0.468 e. The second kappa shape index (κ2) is 8.02. The molecular weight excluding hydrogens is 385 g/mol. The lowest BCUT2D eigenvalue weighted by Gasteiger charge is -2.34. The monoisotopic (exact) mass is 408 g/mol. The SMILES string of the molecule is COC(=O)C1Cc2ccccc2CN1CC(=O)c1cc(C)n(CC(F)(F)F)c1C. The Morgan fingerprint density at radius 2 is 1.83 bits per heavy atom. The molecule has 0 amide bonds. The van der Waals surface area contributed by atoms with E-state index in [2.05, 4.69) is 0 Å². The first-order valence-electron chi connectivity index (χ1n) is 9.26. The van der Waals surface area contributed by atoms with E-state index in [1.54, 1.807) is 11.8 Å². The lowest BCUT2D eigenvalue weighted by molar-refractivity contribution is -0.147. The highest BCUT2D eigenvalue weighted by Gasteiger charge is 2.35. The fraction of sp³-hybridized carbons (Fsp3) is 0.429. The van der Waals surface area contributed by atoms with Gasteiger partial charge in [0.2, 0.25) is 0 Å². The lowest BCUT2D eigenvalue weighted by Crippen LogP contribution is -2.48. The average molecular weight is 408 g/mol. The van der Waals surface area contributed by atoms with Gasteiger partial charge in [-0.15, -0.1) is 0 Å². The van der Waals surface area contributed by atoms with Crippen LogP contribution >= 0.6 is 0 Å². The highest BCUT2D eigenvalue weighted by atomic mass is 19.4. The van der Waals surface area contributed by atoms with E-state index in [1.165, 1.54) is 20.1 Å². The van der Waals surface area contributed by atoms with E-state index in [-0.39, 0.29) is 23.6 Å². The number of carbonyl (C=O) groups is 2. The Labute approximate surface area is 167 Å². The predicted molar refractivity (Wildman–Crippen MR) is 101 cm³/mol. The van der Waals surface area contributed by atoms with Crippen LogP contribution in [0, 0.1) is 13.8 Å². The number of esters is 1. The number of hydrogen-bond donors (Lipinski definition) is 0. The molecule has 156 valence electrons. The second-order valence-corrected chi connectivity index (χ2v) is 7.33. The van der Waals surface area contributed by atoms with E-state index >= 15 is 0 Å². The van der Waals surface area contributed by atoms with E-state index in [4.69, 9.17) is 4.74 Å². The van der Waals surface area contributed by atoms with Crippen molar-refractivity contribution in [2.45, 2.75) is 45.6 Å². The van der Waals surface area contributed by atoms with Gasteiger partial charge < -0.3 is 9.30 Å². The molecule has 2 heterocycles. The molecule has 0 spiro atoms. The van der Waals surface area contributed by atoms with Crippen molar-refractivity contribution in [1.29, 1.82) is 0 Å². The number of hydrogen-bond acceptors (Lipinski definition) is 4. The molecule has 3 rings (SSSR count). The van der Waals surface area contributed by atoms with Crippen molar-refractivity contribution in [2.75, 3.05) is 13.7 Å². The number of aryl methyl sites for hydroxylation is 1. The molecule has 0 saturated carbocycles. The topological polar surface area (TPSA) is 51.5 Å². The number of carbonyl (C=O) groups excluding carboxylic acids is 2. The Morgan fingerprint density at radius 1 is 1.17 bits per heavy atom. The van der Waals surface area contributed by atoms with Gasteiger partial charge in [0, 0.05) is 23.5 Å². The molecule has 1 aliphatic rings. The summed E-state index contributed by atoms with van der Waals surface area (Å²) < 4.78 is 44.5. The van der Waals surface area contributed by atoms with Crippen molar-refractivity contribution in [3.8, 4) is 0 Å². The maximum atomic E-state index is 12.9. The van der Waals surface area contributed by atoms with Crippen LogP contribution in [0.2, 0.25) is 0 Å². The van der Waals surface area contributed by atoms with Gasteiger partial charge in [0.25, 0.3) is 0 Å². The molecule has 0 N–H and O–H groups in total. The Bertz CT molecular complexity index is 934. The summed E-state index contributed by atoms with van der Waals surface area (Å²) in [6.07, 6.45) is -3.95. The van der Waals surface area contributed by atoms with Crippen molar-refractivity contribution in [3.05, 3.63) is 58.4 Å². The predicted octanol–water partition coefficient (Wildman–Crippen LogP) is 3.45. The number of Topliss-reactive ketones (excluding diaryl/α,β-unsaturated/α-hetero) is 1. The highest BCUT2D eigenvalue weighted by Crippen LogP contribution is 2.26. The first-order valence-corrected chi connectivity index (χ1v) is 9.26. The Hall–Kier alpha value is -2.61. The Balaban J connectivity index is 1.85. The van der Waals surface area contributed by atoms with Crippen molar-refractivity contribution in [2.24, 2.45) is 0 Å². The molecular formula is C21H23F3N2O3. The van der Waals surface area contributed by atoms with Crippen LogP contribution in [0.15, 0.2) is 30.3 Å². The van der Waals surface area contributed by atoms with Crippen LogP contribution in [0.25, 0.3) is 0 Å². The van der Waals surface area contributed by atoms with Gasteiger partial charge in [0.1, 0.15) is 12.6 Å². The zero-order valence-electron chi connectivity index (χ0n) is 16.5. The standard InChI is InChI=1S/C21H23F3N2O3/c1-13-8-17(14(2)26(13)12-21(22,23)24)19(27)11-25-10-16-7-5-4-6-15(16)9-18(25)20(28)29-3/h4-8,18H,9-12H2,1-3H3. The van der Waals surface area contributed by atoms with Gasteiger partial charge in [-0.1, -0.05) is 24.3 Å². The molecule has 29 heavy (non-hydrogen) atoms. The first kappa shape index (κ1) is 21.1. The molecule has 0 saturated heterocycles. The fourth-order valence-corrected chi connectivity index (χ4v) is 3.89. The third kappa shape index (κ3) is 4.53. The number of nitrogens with zero attached hydrogens (tertiary/aromatic N) is 2.